The highest BCUT2D eigenvalue weighted by molar-refractivity contribution is 4.99. The van der Waals surface area contributed by atoms with Crippen LogP contribution in [0.4, 0.5) is 0 Å². The van der Waals surface area contributed by atoms with Crippen molar-refractivity contribution in [2.24, 2.45) is 0 Å². The molecule has 0 saturated carbocycles. The van der Waals surface area contributed by atoms with Crippen LogP contribution in [0.5, 0.6) is 0 Å². The summed E-state index contributed by atoms with van der Waals surface area (Å²) in [6.07, 6.45) is 8.87. The van der Waals surface area contributed by atoms with E-state index in [2.05, 4.69) is 25.3 Å². The van der Waals surface area contributed by atoms with E-state index >= 15 is 0 Å². The van der Waals surface area contributed by atoms with Crippen molar-refractivity contribution in [2.45, 2.75) is 45.4 Å². The molecule has 11 heavy (non-hydrogen) atoms. The maximum Gasteiger partial charge on any atom is 0.0123 e. The van der Waals surface area contributed by atoms with E-state index in [1.54, 1.807) is 0 Å². The van der Waals surface area contributed by atoms with Crippen molar-refractivity contribution >= 4 is 0 Å². The molecule has 0 bridgehead atoms. The SMILES string of the molecule is C=CCCC#CCCCCC. The summed E-state index contributed by atoms with van der Waals surface area (Å²) >= 11 is 0. The Labute approximate surface area is 70.7 Å². The number of rotatable bonds is 5. The van der Waals surface area contributed by atoms with Gasteiger partial charge in [-0.3, -0.25) is 0 Å². The average molecular weight is 150 g/mol. The van der Waals surface area contributed by atoms with Gasteiger partial charge in [0.05, 0.1) is 0 Å². The van der Waals surface area contributed by atoms with E-state index < -0.39 is 0 Å². The summed E-state index contributed by atoms with van der Waals surface area (Å²) in [5.41, 5.74) is 0. The minimum atomic E-state index is 0.982. The van der Waals surface area contributed by atoms with Crippen LogP contribution in [-0.4, -0.2) is 0 Å². The maximum atomic E-state index is 3.64. The molecule has 0 N–H and O–H groups in total. The van der Waals surface area contributed by atoms with E-state index in [-0.39, 0.29) is 0 Å². The van der Waals surface area contributed by atoms with Crippen LogP contribution in [-0.2, 0) is 0 Å². The third-order valence-corrected chi connectivity index (χ3v) is 1.50. The first-order valence-corrected chi connectivity index (χ1v) is 4.48. The van der Waals surface area contributed by atoms with E-state index in [4.69, 9.17) is 0 Å². The van der Waals surface area contributed by atoms with Crippen molar-refractivity contribution in [3.8, 4) is 11.8 Å². The van der Waals surface area contributed by atoms with Crippen molar-refractivity contribution < 1.29 is 0 Å². The summed E-state index contributed by atoms with van der Waals surface area (Å²) in [6, 6.07) is 0. The van der Waals surface area contributed by atoms with Gasteiger partial charge in [-0.25, -0.2) is 0 Å². The molecule has 0 aliphatic heterocycles. The van der Waals surface area contributed by atoms with Gasteiger partial charge in [-0.15, -0.1) is 18.4 Å². The van der Waals surface area contributed by atoms with Gasteiger partial charge in [0.25, 0.3) is 0 Å². The lowest BCUT2D eigenvalue weighted by molar-refractivity contribution is 0.737. The fourth-order valence-electron chi connectivity index (χ4n) is 0.814. The number of hydrogen-bond donors (Lipinski definition) is 0. The van der Waals surface area contributed by atoms with Crippen molar-refractivity contribution in [1.82, 2.24) is 0 Å². The van der Waals surface area contributed by atoms with Gasteiger partial charge in [0.2, 0.25) is 0 Å². The molecule has 0 aromatic carbocycles. The lowest BCUT2D eigenvalue weighted by Gasteiger charge is -1.88. The smallest absolute Gasteiger partial charge is 0.0123 e. The summed E-state index contributed by atoms with van der Waals surface area (Å²) in [4.78, 5) is 0. The largest absolute Gasteiger partial charge is 0.103 e. The molecule has 0 aromatic heterocycles. The standard InChI is InChI=1S/C11H18/c1-3-5-7-9-11-10-8-6-4-2/h3H,1,4-8,10H2,2H3. The third kappa shape index (κ3) is 9.30. The molecule has 0 spiro atoms. The Bertz CT molecular complexity index is 134. The lowest BCUT2D eigenvalue weighted by atomic mass is 10.2. The van der Waals surface area contributed by atoms with E-state index in [1.807, 2.05) is 6.08 Å². The second-order valence-corrected chi connectivity index (χ2v) is 2.64. The van der Waals surface area contributed by atoms with Crippen molar-refractivity contribution in [1.29, 1.82) is 0 Å². The Hall–Kier alpha value is -0.700. The van der Waals surface area contributed by atoms with E-state index in [0.717, 1.165) is 19.3 Å². The number of unbranched alkanes of at least 4 members (excludes halogenated alkanes) is 4. The van der Waals surface area contributed by atoms with E-state index in [0.29, 0.717) is 0 Å². The Balaban J connectivity index is 3.05. The van der Waals surface area contributed by atoms with Gasteiger partial charge >= 0.3 is 0 Å². The Morgan fingerprint density at radius 1 is 1.18 bits per heavy atom. The van der Waals surface area contributed by atoms with Gasteiger partial charge in [0.15, 0.2) is 0 Å². The summed E-state index contributed by atoms with van der Waals surface area (Å²) in [5, 5.41) is 0. The van der Waals surface area contributed by atoms with Gasteiger partial charge in [0, 0.05) is 12.8 Å². The van der Waals surface area contributed by atoms with Crippen molar-refractivity contribution in [3.05, 3.63) is 12.7 Å². The van der Waals surface area contributed by atoms with Gasteiger partial charge in [-0.1, -0.05) is 25.8 Å². The monoisotopic (exact) mass is 150 g/mol. The highest BCUT2D eigenvalue weighted by atomic mass is 13.8. The fourth-order valence-corrected chi connectivity index (χ4v) is 0.814. The van der Waals surface area contributed by atoms with Crippen LogP contribution in [0, 0.1) is 11.8 Å². The van der Waals surface area contributed by atoms with Crippen LogP contribution in [0.25, 0.3) is 0 Å². The van der Waals surface area contributed by atoms with Crippen LogP contribution >= 0.6 is 0 Å². The molecule has 0 nitrogen and oxygen atoms in total. The molecule has 0 atom stereocenters. The molecule has 0 unspecified atom stereocenters. The molecule has 0 heteroatoms. The minimum absolute atomic E-state index is 0.982. The van der Waals surface area contributed by atoms with Crippen LogP contribution in [0.3, 0.4) is 0 Å². The molecule has 0 aromatic rings. The summed E-state index contributed by atoms with van der Waals surface area (Å²) < 4.78 is 0. The van der Waals surface area contributed by atoms with E-state index in [9.17, 15) is 0 Å². The topological polar surface area (TPSA) is 0 Å². The zero-order chi connectivity index (χ0) is 8.36. The van der Waals surface area contributed by atoms with Crippen molar-refractivity contribution in [3.63, 3.8) is 0 Å². The van der Waals surface area contributed by atoms with Crippen LogP contribution in [0.2, 0.25) is 0 Å². The first-order valence-electron chi connectivity index (χ1n) is 4.48. The summed E-state index contributed by atoms with van der Waals surface area (Å²) in [6.45, 7) is 5.85. The average Bonchev–Trinajstić information content (AvgIpc) is 2.03. The molecule has 0 fully saturated rings. The fraction of sp³-hybridized carbons (Fsp3) is 0.636. The Morgan fingerprint density at radius 2 is 1.91 bits per heavy atom. The molecule has 0 amide bonds. The molecule has 0 aliphatic carbocycles. The number of allylic oxidation sites excluding steroid dienone is 1. The third-order valence-electron chi connectivity index (χ3n) is 1.50. The second-order valence-electron chi connectivity index (χ2n) is 2.64. The first-order chi connectivity index (χ1) is 5.41. The van der Waals surface area contributed by atoms with Gasteiger partial charge < -0.3 is 0 Å². The van der Waals surface area contributed by atoms with Crippen LogP contribution in [0.1, 0.15) is 45.4 Å². The van der Waals surface area contributed by atoms with E-state index in [1.165, 1.54) is 19.3 Å². The molecule has 62 valence electrons. The van der Waals surface area contributed by atoms with Gasteiger partial charge in [-0.05, 0) is 12.8 Å². The molecule has 0 aliphatic rings. The van der Waals surface area contributed by atoms with Crippen LogP contribution < -0.4 is 0 Å². The predicted octanol–water partition coefficient (Wildman–Crippen LogP) is 3.54. The highest BCUT2D eigenvalue weighted by Crippen LogP contribution is 1.97. The second kappa shape index (κ2) is 9.30. The Morgan fingerprint density at radius 3 is 2.55 bits per heavy atom. The highest BCUT2D eigenvalue weighted by Gasteiger charge is 1.79. The minimum Gasteiger partial charge on any atom is -0.103 e. The van der Waals surface area contributed by atoms with Crippen molar-refractivity contribution in [2.75, 3.05) is 0 Å². The predicted molar refractivity (Wildman–Crippen MR) is 51.3 cm³/mol. The summed E-state index contributed by atoms with van der Waals surface area (Å²) in [7, 11) is 0. The molecule has 0 saturated heterocycles. The zero-order valence-electron chi connectivity index (χ0n) is 7.53. The van der Waals surface area contributed by atoms with Gasteiger partial charge in [-0.2, -0.15) is 0 Å². The molecular weight excluding hydrogens is 132 g/mol. The first kappa shape index (κ1) is 10.3. The normalized spacial score (nSPS) is 8.45. The molecule has 0 radical (unpaired) electrons. The zero-order valence-corrected chi connectivity index (χ0v) is 7.53. The quantitative estimate of drug-likeness (QED) is 0.319. The summed E-state index contributed by atoms with van der Waals surface area (Å²) in [5.74, 6) is 6.28. The maximum absolute atomic E-state index is 3.64. The number of hydrogen-bond acceptors (Lipinski definition) is 0. The lowest BCUT2D eigenvalue weighted by Crippen LogP contribution is -1.71. The molecule has 0 rings (SSSR count). The van der Waals surface area contributed by atoms with Crippen LogP contribution in [0.15, 0.2) is 12.7 Å². The van der Waals surface area contributed by atoms with Gasteiger partial charge in [0.1, 0.15) is 0 Å². The Kier molecular flexibility index (Phi) is 8.71. The molecule has 0 heterocycles. The molecular formula is C11H18.